The summed E-state index contributed by atoms with van der Waals surface area (Å²) in [5.41, 5.74) is 0.898. The van der Waals surface area contributed by atoms with Gasteiger partial charge in [-0.2, -0.15) is 0 Å². The van der Waals surface area contributed by atoms with Crippen molar-refractivity contribution in [3.05, 3.63) is 35.9 Å². The lowest BCUT2D eigenvalue weighted by atomic mass is 10.1. The van der Waals surface area contributed by atoms with Gasteiger partial charge in [0.05, 0.1) is 26.9 Å². The molecule has 7 nitrogen and oxygen atoms in total. The standard InChI is InChI=1S/C19H21NO6/c1-19(2)25-13-8-6-11(10-15(13)26-19)20-18(21)12-7-9-14(22-3)17(24-5)16(12)23-4/h6-10H,1-5H3,(H,20,21). The minimum Gasteiger partial charge on any atom is -0.493 e. The fourth-order valence-corrected chi connectivity index (χ4v) is 2.78. The van der Waals surface area contributed by atoms with Gasteiger partial charge < -0.3 is 29.0 Å². The molecule has 0 atom stereocenters. The number of carbonyl (C=O) groups is 1. The molecule has 2 aromatic carbocycles. The van der Waals surface area contributed by atoms with Crippen LogP contribution in [0, 0.1) is 0 Å². The van der Waals surface area contributed by atoms with Crippen LogP contribution in [0.25, 0.3) is 0 Å². The number of hydrogen-bond acceptors (Lipinski definition) is 6. The summed E-state index contributed by atoms with van der Waals surface area (Å²) in [7, 11) is 4.48. The second-order valence-corrected chi connectivity index (χ2v) is 6.10. The molecule has 0 fully saturated rings. The molecule has 1 heterocycles. The number of nitrogens with one attached hydrogen (secondary N) is 1. The van der Waals surface area contributed by atoms with Crippen LogP contribution in [-0.4, -0.2) is 33.0 Å². The van der Waals surface area contributed by atoms with Crippen LogP contribution in [0.15, 0.2) is 30.3 Å². The predicted molar refractivity (Wildman–Crippen MR) is 95.8 cm³/mol. The topological polar surface area (TPSA) is 75.3 Å². The molecule has 0 aromatic heterocycles. The van der Waals surface area contributed by atoms with Crippen LogP contribution in [0.2, 0.25) is 0 Å². The summed E-state index contributed by atoms with van der Waals surface area (Å²) >= 11 is 0. The molecule has 1 amide bonds. The van der Waals surface area contributed by atoms with Crippen molar-refractivity contribution < 1.29 is 28.5 Å². The summed E-state index contributed by atoms with van der Waals surface area (Å²) < 4.78 is 27.3. The molecule has 0 radical (unpaired) electrons. The van der Waals surface area contributed by atoms with Gasteiger partial charge in [-0.3, -0.25) is 4.79 Å². The first-order valence-electron chi connectivity index (χ1n) is 8.01. The van der Waals surface area contributed by atoms with Gasteiger partial charge in [-0.05, 0) is 24.3 Å². The molecule has 0 aliphatic carbocycles. The van der Waals surface area contributed by atoms with Crippen molar-refractivity contribution in [2.45, 2.75) is 19.6 Å². The maximum atomic E-state index is 12.7. The molecule has 26 heavy (non-hydrogen) atoms. The molecule has 0 saturated heterocycles. The highest BCUT2D eigenvalue weighted by atomic mass is 16.7. The van der Waals surface area contributed by atoms with Gasteiger partial charge in [-0.25, -0.2) is 0 Å². The van der Waals surface area contributed by atoms with E-state index in [2.05, 4.69) is 5.32 Å². The maximum absolute atomic E-state index is 12.7. The van der Waals surface area contributed by atoms with E-state index in [1.54, 1.807) is 30.3 Å². The molecule has 1 aliphatic heterocycles. The summed E-state index contributed by atoms with van der Waals surface area (Å²) in [6, 6.07) is 8.49. The first-order chi connectivity index (χ1) is 12.4. The fourth-order valence-electron chi connectivity index (χ4n) is 2.78. The second-order valence-electron chi connectivity index (χ2n) is 6.10. The smallest absolute Gasteiger partial charge is 0.259 e. The van der Waals surface area contributed by atoms with Crippen LogP contribution >= 0.6 is 0 Å². The zero-order valence-corrected chi connectivity index (χ0v) is 15.3. The number of anilines is 1. The van der Waals surface area contributed by atoms with Gasteiger partial charge >= 0.3 is 0 Å². The molecule has 2 aromatic rings. The monoisotopic (exact) mass is 359 g/mol. The second kappa shape index (κ2) is 6.67. The molecular formula is C19H21NO6. The van der Waals surface area contributed by atoms with Crippen molar-refractivity contribution in [2.24, 2.45) is 0 Å². The SMILES string of the molecule is COc1ccc(C(=O)Nc2ccc3c(c2)OC(C)(C)O3)c(OC)c1OC. The Bertz CT molecular complexity index is 846. The molecule has 0 unspecified atom stereocenters. The van der Waals surface area contributed by atoms with Gasteiger partial charge in [0, 0.05) is 25.6 Å². The van der Waals surface area contributed by atoms with Crippen molar-refractivity contribution in [1.82, 2.24) is 0 Å². The van der Waals surface area contributed by atoms with Crippen LogP contribution < -0.4 is 29.0 Å². The molecule has 7 heteroatoms. The van der Waals surface area contributed by atoms with Crippen LogP contribution in [0.1, 0.15) is 24.2 Å². The van der Waals surface area contributed by atoms with Crippen molar-refractivity contribution in [1.29, 1.82) is 0 Å². The fraction of sp³-hybridized carbons (Fsp3) is 0.316. The van der Waals surface area contributed by atoms with Gasteiger partial charge in [-0.15, -0.1) is 0 Å². The number of benzene rings is 2. The highest BCUT2D eigenvalue weighted by Crippen LogP contribution is 2.42. The minimum absolute atomic E-state index is 0.297. The van der Waals surface area contributed by atoms with Crippen molar-refractivity contribution in [3.8, 4) is 28.7 Å². The average Bonchev–Trinajstić information content (AvgIpc) is 2.93. The number of rotatable bonds is 5. The third kappa shape index (κ3) is 3.20. The van der Waals surface area contributed by atoms with E-state index >= 15 is 0 Å². The van der Waals surface area contributed by atoms with E-state index in [0.29, 0.717) is 40.0 Å². The molecule has 3 rings (SSSR count). The van der Waals surface area contributed by atoms with Gasteiger partial charge in [0.15, 0.2) is 23.0 Å². The van der Waals surface area contributed by atoms with E-state index in [1.807, 2.05) is 13.8 Å². The Morgan fingerprint density at radius 1 is 0.923 bits per heavy atom. The maximum Gasteiger partial charge on any atom is 0.259 e. The number of ether oxygens (including phenoxy) is 5. The van der Waals surface area contributed by atoms with Crippen LogP contribution in [0.3, 0.4) is 0 Å². The lowest BCUT2D eigenvalue weighted by molar-refractivity contribution is -0.0431. The Morgan fingerprint density at radius 2 is 1.62 bits per heavy atom. The van der Waals surface area contributed by atoms with Gasteiger partial charge in [-0.1, -0.05) is 0 Å². The van der Waals surface area contributed by atoms with Crippen LogP contribution in [0.5, 0.6) is 28.7 Å². The first-order valence-corrected chi connectivity index (χ1v) is 8.01. The zero-order valence-electron chi connectivity index (χ0n) is 15.3. The molecule has 0 saturated carbocycles. The van der Waals surface area contributed by atoms with Crippen molar-refractivity contribution >= 4 is 11.6 Å². The lowest BCUT2D eigenvalue weighted by Gasteiger charge is -2.16. The number of methoxy groups -OCH3 is 3. The van der Waals surface area contributed by atoms with E-state index in [4.69, 9.17) is 23.7 Å². The summed E-state index contributed by atoms with van der Waals surface area (Å²) in [4.78, 5) is 12.7. The number of fused-ring (bicyclic) bond motifs is 1. The summed E-state index contributed by atoms with van der Waals surface area (Å²) in [5, 5.41) is 2.83. The Morgan fingerprint density at radius 3 is 2.27 bits per heavy atom. The summed E-state index contributed by atoms with van der Waals surface area (Å²) in [5.74, 6) is 1.27. The number of hydrogen-bond donors (Lipinski definition) is 1. The average molecular weight is 359 g/mol. The summed E-state index contributed by atoms with van der Waals surface area (Å²) in [6.45, 7) is 3.64. The Hall–Kier alpha value is -3.09. The number of carbonyl (C=O) groups excluding carboxylic acids is 1. The van der Waals surface area contributed by atoms with E-state index in [9.17, 15) is 4.79 Å². The van der Waals surface area contributed by atoms with E-state index < -0.39 is 5.79 Å². The van der Waals surface area contributed by atoms with E-state index in [1.165, 1.54) is 21.3 Å². The quantitative estimate of drug-likeness (QED) is 0.881. The van der Waals surface area contributed by atoms with E-state index in [0.717, 1.165) is 0 Å². The highest BCUT2D eigenvalue weighted by molar-refractivity contribution is 6.07. The van der Waals surface area contributed by atoms with Gasteiger partial charge in [0.1, 0.15) is 0 Å². The molecule has 0 bridgehead atoms. The molecule has 138 valence electrons. The third-order valence-corrected chi connectivity index (χ3v) is 3.86. The number of amides is 1. The van der Waals surface area contributed by atoms with Gasteiger partial charge in [0.2, 0.25) is 11.5 Å². The normalized spacial score (nSPS) is 13.9. The minimum atomic E-state index is -0.725. The molecular weight excluding hydrogens is 338 g/mol. The highest BCUT2D eigenvalue weighted by Gasteiger charge is 2.31. The molecule has 1 aliphatic rings. The summed E-state index contributed by atoms with van der Waals surface area (Å²) in [6.07, 6.45) is 0. The van der Waals surface area contributed by atoms with Crippen molar-refractivity contribution in [3.63, 3.8) is 0 Å². The third-order valence-electron chi connectivity index (χ3n) is 3.86. The largest absolute Gasteiger partial charge is 0.493 e. The van der Waals surface area contributed by atoms with Crippen molar-refractivity contribution in [2.75, 3.05) is 26.6 Å². The lowest BCUT2D eigenvalue weighted by Crippen LogP contribution is -2.29. The van der Waals surface area contributed by atoms with E-state index in [-0.39, 0.29) is 5.91 Å². The van der Waals surface area contributed by atoms with Crippen LogP contribution in [-0.2, 0) is 0 Å². The Kier molecular flexibility index (Phi) is 4.54. The molecule has 1 N–H and O–H groups in total. The van der Waals surface area contributed by atoms with Crippen LogP contribution in [0.4, 0.5) is 5.69 Å². The zero-order chi connectivity index (χ0) is 18.9. The van der Waals surface area contributed by atoms with Gasteiger partial charge in [0.25, 0.3) is 5.91 Å². The predicted octanol–water partition coefficient (Wildman–Crippen LogP) is 3.47. The first kappa shape index (κ1) is 17.7. The Balaban J connectivity index is 1.88. The Labute approximate surface area is 151 Å². The molecule has 0 spiro atoms.